The molecule has 1 heterocycles. The zero-order chi connectivity index (χ0) is 51.9. The smallest absolute Gasteiger partial charge is 0.311 e. The van der Waals surface area contributed by atoms with Crippen molar-refractivity contribution in [1.29, 1.82) is 0 Å². The maximum atomic E-state index is 14.8. The first-order valence-electron chi connectivity index (χ1n) is 29.8. The summed E-state index contributed by atoms with van der Waals surface area (Å²) in [5.74, 6) is -2.98. The average molecular weight is 1000 g/mol. The number of esters is 2. The Kier molecular flexibility index (Phi) is 34.8. The molecule has 406 valence electrons. The van der Waals surface area contributed by atoms with Crippen LogP contribution >= 0.6 is 0 Å². The van der Waals surface area contributed by atoms with E-state index in [4.69, 9.17) is 13.9 Å². The van der Waals surface area contributed by atoms with Crippen molar-refractivity contribution >= 4 is 28.7 Å². The molecule has 0 amide bonds. The molecule has 0 aliphatic rings. The van der Waals surface area contributed by atoms with Crippen LogP contribution in [0.15, 0.2) is 39.5 Å². The number of fused-ring (bicyclic) bond motifs is 1. The second-order valence-electron chi connectivity index (χ2n) is 21.0. The highest BCUT2D eigenvalue weighted by molar-refractivity contribution is 6.08. The van der Waals surface area contributed by atoms with Crippen LogP contribution in [0.1, 0.15) is 301 Å². The largest absolute Gasteiger partial charge is 0.508 e. The molecule has 3 rings (SSSR count). The second kappa shape index (κ2) is 40.3. The molecule has 72 heavy (non-hydrogen) atoms. The highest BCUT2D eigenvalue weighted by atomic mass is 16.5. The Morgan fingerprint density at radius 1 is 0.431 bits per heavy atom. The third kappa shape index (κ3) is 26.2. The summed E-state index contributed by atoms with van der Waals surface area (Å²) in [7, 11) is 0. The number of rotatable bonds is 46. The number of carbonyl (C=O) groups is 3. The van der Waals surface area contributed by atoms with Crippen molar-refractivity contribution in [3.8, 4) is 34.3 Å². The molecule has 9 heteroatoms. The van der Waals surface area contributed by atoms with Gasteiger partial charge in [-0.3, -0.25) is 19.2 Å². The number of phenols is 2. The fourth-order valence-electron chi connectivity index (χ4n) is 9.89. The highest BCUT2D eigenvalue weighted by Crippen LogP contribution is 2.41. The van der Waals surface area contributed by atoms with Crippen LogP contribution in [-0.2, 0) is 9.59 Å². The number of hydrogen-bond donors (Lipinski definition) is 2. The molecule has 0 spiro atoms. The topological polar surface area (TPSA) is 140 Å². The van der Waals surface area contributed by atoms with Gasteiger partial charge in [0, 0.05) is 30.9 Å². The van der Waals surface area contributed by atoms with Gasteiger partial charge in [0.15, 0.2) is 17.3 Å². The minimum absolute atomic E-state index is 0.00941. The van der Waals surface area contributed by atoms with Gasteiger partial charge in [0.1, 0.15) is 28.0 Å². The molecule has 3 aromatic rings. The summed E-state index contributed by atoms with van der Waals surface area (Å²) < 4.78 is 18.2. The zero-order valence-electron chi connectivity index (χ0n) is 45.8. The molecule has 0 bridgehead atoms. The van der Waals surface area contributed by atoms with Gasteiger partial charge in [-0.15, -0.1) is 0 Å². The average Bonchev–Trinajstić information content (AvgIpc) is 3.36. The summed E-state index contributed by atoms with van der Waals surface area (Å²) in [6, 6.07) is 7.14. The lowest BCUT2D eigenvalue weighted by atomic mass is 9.98. The SMILES string of the molecule is CCCCCCCCCCCCCCCC(=O)Oc1c(-c2ccc(O)cc2)oc2cc(O)c(C(=O)CCCCCCCCCCCCCCC)c(OC(=O)CCCCCCCCCCCCCCC)c2c1=O. The number of ether oxygens (including phenoxy) is 2. The number of ketones is 1. The van der Waals surface area contributed by atoms with E-state index in [-0.39, 0.29) is 53.1 Å². The van der Waals surface area contributed by atoms with Gasteiger partial charge in [-0.1, -0.05) is 252 Å². The Morgan fingerprint density at radius 2 is 0.750 bits per heavy atom. The Labute approximate surface area is 436 Å². The van der Waals surface area contributed by atoms with Gasteiger partial charge < -0.3 is 24.1 Å². The molecular weight excluding hydrogens is 901 g/mol. The molecule has 0 aliphatic heterocycles. The van der Waals surface area contributed by atoms with Crippen LogP contribution in [0.3, 0.4) is 0 Å². The summed E-state index contributed by atoms with van der Waals surface area (Å²) in [6.07, 6.45) is 45.5. The number of unbranched alkanes of at least 4 members (excludes halogenated alkanes) is 36. The van der Waals surface area contributed by atoms with Crippen LogP contribution in [0.5, 0.6) is 23.0 Å². The fraction of sp³-hybridized carbons (Fsp3) is 0.714. The lowest BCUT2D eigenvalue weighted by Gasteiger charge is -2.16. The molecule has 0 unspecified atom stereocenters. The van der Waals surface area contributed by atoms with Crippen LogP contribution in [-0.4, -0.2) is 27.9 Å². The van der Waals surface area contributed by atoms with Gasteiger partial charge in [-0.25, -0.2) is 0 Å². The lowest BCUT2D eigenvalue weighted by Crippen LogP contribution is -2.19. The Morgan fingerprint density at radius 3 is 1.11 bits per heavy atom. The minimum atomic E-state index is -0.795. The van der Waals surface area contributed by atoms with E-state index in [1.54, 1.807) is 0 Å². The van der Waals surface area contributed by atoms with Crippen LogP contribution in [0, 0.1) is 0 Å². The lowest BCUT2D eigenvalue weighted by molar-refractivity contribution is -0.135. The first-order chi connectivity index (χ1) is 35.2. The number of carbonyl (C=O) groups excluding carboxylic acids is 3. The summed E-state index contributed by atoms with van der Waals surface area (Å²) in [6.45, 7) is 6.73. The predicted octanol–water partition coefficient (Wildman–Crippen LogP) is 19.3. The van der Waals surface area contributed by atoms with Gasteiger partial charge in [-0.2, -0.15) is 0 Å². The van der Waals surface area contributed by atoms with Gasteiger partial charge in [0.2, 0.25) is 11.2 Å². The van der Waals surface area contributed by atoms with Crippen molar-refractivity contribution in [3.05, 3.63) is 46.1 Å². The maximum Gasteiger partial charge on any atom is 0.311 e. The number of Topliss-reactive ketones (excluding diaryl/α,β-unsaturated/α-hetero) is 1. The first-order valence-corrected chi connectivity index (χ1v) is 29.8. The Hall–Kier alpha value is -4.14. The van der Waals surface area contributed by atoms with Crippen molar-refractivity contribution in [3.63, 3.8) is 0 Å². The van der Waals surface area contributed by atoms with E-state index in [0.29, 0.717) is 24.8 Å². The van der Waals surface area contributed by atoms with Crippen molar-refractivity contribution < 1.29 is 38.5 Å². The molecule has 0 radical (unpaired) electrons. The molecular formula is C63H100O9. The fourth-order valence-corrected chi connectivity index (χ4v) is 9.89. The second-order valence-corrected chi connectivity index (χ2v) is 21.0. The van der Waals surface area contributed by atoms with Crippen LogP contribution in [0.4, 0.5) is 0 Å². The molecule has 0 atom stereocenters. The molecule has 2 aromatic carbocycles. The summed E-state index contributed by atoms with van der Waals surface area (Å²) in [5, 5.41) is 21.4. The quantitative estimate of drug-likeness (QED) is 0.0245. The highest BCUT2D eigenvalue weighted by Gasteiger charge is 2.30. The number of phenolic OH excluding ortho intramolecular Hbond substituents is 2. The van der Waals surface area contributed by atoms with E-state index in [9.17, 15) is 29.4 Å². The van der Waals surface area contributed by atoms with E-state index in [1.807, 2.05) is 0 Å². The van der Waals surface area contributed by atoms with Crippen molar-refractivity contribution in [2.24, 2.45) is 0 Å². The molecule has 9 nitrogen and oxygen atoms in total. The Bertz CT molecular complexity index is 1960. The maximum absolute atomic E-state index is 14.8. The summed E-state index contributed by atoms with van der Waals surface area (Å²) in [5.41, 5.74) is -0.817. The van der Waals surface area contributed by atoms with Gasteiger partial charge in [-0.05, 0) is 43.5 Å². The zero-order valence-corrected chi connectivity index (χ0v) is 45.8. The number of hydrogen-bond acceptors (Lipinski definition) is 9. The monoisotopic (exact) mass is 1000 g/mol. The van der Waals surface area contributed by atoms with E-state index >= 15 is 0 Å². The Balaban J connectivity index is 1.74. The van der Waals surface area contributed by atoms with Gasteiger partial charge in [0.05, 0.1) is 0 Å². The number of benzene rings is 2. The van der Waals surface area contributed by atoms with Crippen LogP contribution < -0.4 is 14.9 Å². The third-order valence-corrected chi connectivity index (χ3v) is 14.4. The predicted molar refractivity (Wildman–Crippen MR) is 298 cm³/mol. The van der Waals surface area contributed by atoms with E-state index in [1.165, 1.54) is 204 Å². The van der Waals surface area contributed by atoms with Crippen LogP contribution in [0.25, 0.3) is 22.3 Å². The normalized spacial score (nSPS) is 11.4. The molecule has 1 aromatic heterocycles. The third-order valence-electron chi connectivity index (χ3n) is 14.4. The number of aromatic hydroxyl groups is 2. The van der Waals surface area contributed by atoms with Crippen molar-refractivity contribution in [2.45, 2.75) is 290 Å². The van der Waals surface area contributed by atoms with Crippen molar-refractivity contribution in [1.82, 2.24) is 0 Å². The standard InChI is InChI=1S/C63H100O9/c1-4-7-10-13-16-19-22-25-28-31-34-37-40-43-53(65)58-54(66)50-55-59(62(58)71-56(67)44-41-38-35-32-29-26-23-20-17-14-11-8-5-2)60(69)63(61(70-55)51-46-48-52(64)49-47-51)72-57(68)45-42-39-36-33-30-27-24-21-18-15-12-9-6-3/h46-50,64,66H,4-45H2,1-3H3. The van der Waals surface area contributed by atoms with Gasteiger partial charge >= 0.3 is 11.9 Å². The van der Waals surface area contributed by atoms with Crippen molar-refractivity contribution in [2.75, 3.05) is 0 Å². The van der Waals surface area contributed by atoms with Gasteiger partial charge in [0.25, 0.3) is 0 Å². The summed E-state index contributed by atoms with van der Waals surface area (Å²) in [4.78, 5) is 56.1. The molecule has 0 fully saturated rings. The first kappa shape index (κ1) is 62.2. The molecule has 2 N–H and O–H groups in total. The van der Waals surface area contributed by atoms with Crippen LogP contribution in [0.2, 0.25) is 0 Å². The minimum Gasteiger partial charge on any atom is -0.508 e. The summed E-state index contributed by atoms with van der Waals surface area (Å²) >= 11 is 0. The molecule has 0 aliphatic carbocycles. The van der Waals surface area contributed by atoms with E-state index in [0.717, 1.165) is 57.8 Å². The molecule has 0 saturated heterocycles. The molecule has 0 saturated carbocycles. The van der Waals surface area contributed by atoms with E-state index < -0.39 is 34.6 Å². The van der Waals surface area contributed by atoms with E-state index in [2.05, 4.69) is 20.8 Å².